The summed E-state index contributed by atoms with van der Waals surface area (Å²) >= 11 is 0. The van der Waals surface area contributed by atoms with Crippen molar-refractivity contribution < 1.29 is 4.74 Å². The van der Waals surface area contributed by atoms with E-state index in [0.717, 1.165) is 0 Å². The summed E-state index contributed by atoms with van der Waals surface area (Å²) in [6.45, 7) is 4.79. The van der Waals surface area contributed by atoms with E-state index in [-0.39, 0.29) is 14.7 Å². The van der Waals surface area contributed by atoms with Crippen LogP contribution in [0.2, 0.25) is 6.04 Å². The Morgan fingerprint density at radius 2 is 1.81 bits per heavy atom. The minimum absolute atomic E-state index is 0.108. The molecular weight excluding hydrogens is 212 g/mol. The van der Waals surface area contributed by atoms with Crippen molar-refractivity contribution in [2.24, 2.45) is 5.41 Å². The highest BCUT2D eigenvalue weighted by molar-refractivity contribution is 6.40. The van der Waals surface area contributed by atoms with Gasteiger partial charge < -0.3 is 4.74 Å². The van der Waals surface area contributed by atoms with E-state index in [4.69, 9.17) is 4.74 Å². The third kappa shape index (κ3) is 2.23. The predicted molar refractivity (Wildman–Crippen MR) is 71.5 cm³/mol. The van der Waals surface area contributed by atoms with Crippen LogP contribution in [0, 0.1) is 5.41 Å². The van der Waals surface area contributed by atoms with Gasteiger partial charge in [-0.2, -0.15) is 0 Å². The summed E-state index contributed by atoms with van der Waals surface area (Å²) in [4.78, 5) is 0. The topological polar surface area (TPSA) is 9.23 Å². The van der Waals surface area contributed by atoms with E-state index >= 15 is 0 Å². The standard InChI is InChI=1S/C14H22OSi/c1-13(2)9-10-14(15-3,16-11-13)12-7-5-4-6-8-12/h4-8H,9-11,16H2,1-3H3. The summed E-state index contributed by atoms with van der Waals surface area (Å²) in [5.74, 6) is 0. The smallest absolute Gasteiger partial charge is 0.0754 e. The van der Waals surface area contributed by atoms with E-state index in [1.807, 2.05) is 7.11 Å². The lowest BCUT2D eigenvalue weighted by Gasteiger charge is -2.42. The molecule has 16 heavy (non-hydrogen) atoms. The molecule has 0 aliphatic carbocycles. The Bertz CT molecular complexity index is 335. The Kier molecular flexibility index (Phi) is 3.22. The van der Waals surface area contributed by atoms with Gasteiger partial charge in [-0.15, -0.1) is 0 Å². The molecule has 0 saturated carbocycles. The highest BCUT2D eigenvalue weighted by atomic mass is 28.2. The third-order valence-corrected chi connectivity index (χ3v) is 7.56. The van der Waals surface area contributed by atoms with Crippen molar-refractivity contribution in [3.8, 4) is 0 Å². The fourth-order valence-corrected chi connectivity index (χ4v) is 5.17. The highest BCUT2D eigenvalue weighted by Crippen LogP contribution is 2.42. The minimum Gasteiger partial charge on any atom is -0.378 e. The van der Waals surface area contributed by atoms with Crippen LogP contribution in [-0.4, -0.2) is 16.6 Å². The number of hydrogen-bond acceptors (Lipinski definition) is 1. The normalized spacial score (nSPS) is 30.4. The van der Waals surface area contributed by atoms with Crippen LogP contribution in [-0.2, 0) is 9.96 Å². The Labute approximate surface area is 101 Å². The first-order chi connectivity index (χ1) is 7.58. The molecule has 2 rings (SSSR count). The van der Waals surface area contributed by atoms with Crippen molar-refractivity contribution in [3.05, 3.63) is 35.9 Å². The summed E-state index contributed by atoms with van der Waals surface area (Å²) in [5, 5.41) is 0.108. The molecule has 1 unspecified atom stereocenters. The van der Waals surface area contributed by atoms with Gasteiger partial charge in [0.15, 0.2) is 0 Å². The average Bonchev–Trinajstić information content (AvgIpc) is 2.31. The molecule has 1 heterocycles. The van der Waals surface area contributed by atoms with Crippen molar-refractivity contribution in [2.45, 2.75) is 38.0 Å². The largest absolute Gasteiger partial charge is 0.378 e. The molecule has 0 amide bonds. The number of ether oxygens (including phenoxy) is 1. The molecule has 1 fully saturated rings. The quantitative estimate of drug-likeness (QED) is 0.715. The first-order valence-electron chi connectivity index (χ1n) is 6.19. The maximum Gasteiger partial charge on any atom is 0.0754 e. The SMILES string of the molecule is COC1(c2ccccc2)CCC(C)(C)C[SiH2]1. The van der Waals surface area contributed by atoms with Gasteiger partial charge in [0.1, 0.15) is 0 Å². The summed E-state index contributed by atoms with van der Waals surface area (Å²) in [6, 6.07) is 12.2. The van der Waals surface area contributed by atoms with Crippen LogP contribution >= 0.6 is 0 Å². The molecule has 0 N–H and O–H groups in total. The molecule has 0 spiro atoms. The fourth-order valence-electron chi connectivity index (χ4n) is 2.68. The second kappa shape index (κ2) is 4.34. The number of hydrogen-bond donors (Lipinski definition) is 0. The van der Waals surface area contributed by atoms with E-state index in [2.05, 4.69) is 44.2 Å². The van der Waals surface area contributed by atoms with Crippen molar-refractivity contribution in [2.75, 3.05) is 7.11 Å². The molecule has 0 aromatic heterocycles. The summed E-state index contributed by atoms with van der Waals surface area (Å²) < 4.78 is 5.92. The van der Waals surface area contributed by atoms with Gasteiger partial charge in [-0.3, -0.25) is 0 Å². The van der Waals surface area contributed by atoms with Crippen LogP contribution in [0.25, 0.3) is 0 Å². The van der Waals surface area contributed by atoms with Crippen LogP contribution in [0.5, 0.6) is 0 Å². The number of methoxy groups -OCH3 is 1. The Morgan fingerprint density at radius 3 is 2.31 bits per heavy atom. The van der Waals surface area contributed by atoms with E-state index < -0.39 is 0 Å². The number of rotatable bonds is 2. The molecule has 0 radical (unpaired) electrons. The van der Waals surface area contributed by atoms with Gasteiger partial charge in [-0.05, 0) is 23.8 Å². The van der Waals surface area contributed by atoms with Crippen molar-refractivity contribution in [3.63, 3.8) is 0 Å². The van der Waals surface area contributed by atoms with Crippen molar-refractivity contribution in [1.82, 2.24) is 0 Å². The van der Waals surface area contributed by atoms with E-state index in [1.54, 1.807) is 0 Å². The predicted octanol–water partition coefficient (Wildman–Crippen LogP) is 2.89. The van der Waals surface area contributed by atoms with Crippen LogP contribution in [0.15, 0.2) is 30.3 Å². The Hall–Kier alpha value is -0.603. The lowest BCUT2D eigenvalue weighted by molar-refractivity contribution is 0.0295. The molecule has 88 valence electrons. The first-order valence-corrected chi connectivity index (χ1v) is 7.89. The second-order valence-electron chi connectivity index (χ2n) is 5.73. The number of benzene rings is 1. The van der Waals surface area contributed by atoms with Crippen LogP contribution in [0.4, 0.5) is 0 Å². The zero-order valence-electron chi connectivity index (χ0n) is 10.6. The zero-order valence-corrected chi connectivity index (χ0v) is 12.0. The molecule has 1 nitrogen and oxygen atoms in total. The molecule has 2 heteroatoms. The molecule has 1 atom stereocenters. The van der Waals surface area contributed by atoms with Crippen LogP contribution in [0.1, 0.15) is 32.3 Å². The van der Waals surface area contributed by atoms with Crippen LogP contribution in [0.3, 0.4) is 0 Å². The van der Waals surface area contributed by atoms with Gasteiger partial charge in [0.2, 0.25) is 0 Å². The lowest BCUT2D eigenvalue weighted by Crippen LogP contribution is -2.42. The van der Waals surface area contributed by atoms with Crippen LogP contribution < -0.4 is 0 Å². The van der Waals surface area contributed by atoms with Gasteiger partial charge in [0.25, 0.3) is 0 Å². The molecule has 1 aliphatic heterocycles. The Morgan fingerprint density at radius 1 is 1.12 bits per heavy atom. The van der Waals surface area contributed by atoms with Gasteiger partial charge in [0, 0.05) is 7.11 Å². The highest BCUT2D eigenvalue weighted by Gasteiger charge is 2.39. The zero-order chi connectivity index (χ0) is 11.6. The van der Waals surface area contributed by atoms with E-state index in [9.17, 15) is 0 Å². The van der Waals surface area contributed by atoms with Crippen molar-refractivity contribution in [1.29, 1.82) is 0 Å². The van der Waals surface area contributed by atoms with Gasteiger partial charge in [0.05, 0.1) is 14.7 Å². The summed E-state index contributed by atoms with van der Waals surface area (Å²) in [7, 11) is 1.68. The van der Waals surface area contributed by atoms with Gasteiger partial charge in [-0.1, -0.05) is 50.2 Å². The Balaban J connectivity index is 2.23. The maximum atomic E-state index is 5.92. The van der Waals surface area contributed by atoms with Gasteiger partial charge >= 0.3 is 0 Å². The monoisotopic (exact) mass is 234 g/mol. The van der Waals surface area contributed by atoms with Crippen molar-refractivity contribution >= 4 is 9.52 Å². The molecule has 1 aromatic carbocycles. The van der Waals surface area contributed by atoms with E-state index in [1.165, 1.54) is 24.4 Å². The molecule has 1 aromatic rings. The molecule has 1 aliphatic rings. The molecular formula is C14H22OSi. The maximum absolute atomic E-state index is 5.92. The second-order valence-corrected chi connectivity index (χ2v) is 7.87. The van der Waals surface area contributed by atoms with E-state index in [0.29, 0.717) is 5.41 Å². The average molecular weight is 234 g/mol. The first kappa shape index (κ1) is 11.9. The summed E-state index contributed by atoms with van der Waals surface area (Å²) in [6.07, 6.45) is 2.48. The summed E-state index contributed by atoms with van der Waals surface area (Å²) in [5.41, 5.74) is 1.95. The van der Waals surface area contributed by atoms with Gasteiger partial charge in [-0.25, -0.2) is 0 Å². The lowest BCUT2D eigenvalue weighted by atomic mass is 9.86. The third-order valence-electron chi connectivity index (χ3n) is 4.10. The molecule has 0 bridgehead atoms. The minimum atomic E-state index is -0.209. The fraction of sp³-hybridized carbons (Fsp3) is 0.571. The molecule has 1 saturated heterocycles.